The highest BCUT2D eigenvalue weighted by Gasteiger charge is 2.71. The highest BCUT2D eigenvalue weighted by Crippen LogP contribution is 2.65. The smallest absolute Gasteiger partial charge is 0.363 e. The molecule has 0 saturated heterocycles. The number of allylic oxidation sites excluding steroid dienone is 1. The lowest BCUT2D eigenvalue weighted by molar-refractivity contribution is -0.577. The summed E-state index contributed by atoms with van der Waals surface area (Å²) in [4.78, 5) is 0. The van der Waals surface area contributed by atoms with Crippen molar-refractivity contribution in [1.29, 1.82) is 0 Å². The van der Waals surface area contributed by atoms with Crippen LogP contribution in [0.1, 0.15) is 53.9 Å². The molecule has 2 bridgehead atoms. The molecule has 106 valence electrons. The van der Waals surface area contributed by atoms with Crippen molar-refractivity contribution in [3.63, 3.8) is 0 Å². The molecule has 2 unspecified atom stereocenters. The summed E-state index contributed by atoms with van der Waals surface area (Å²) >= 11 is 0. The molecule has 4 aliphatic rings. The average Bonchev–Trinajstić information content (AvgIpc) is 2.62. The van der Waals surface area contributed by atoms with Crippen molar-refractivity contribution in [1.82, 2.24) is 0 Å². The van der Waals surface area contributed by atoms with Crippen LogP contribution in [-0.4, -0.2) is 28.7 Å². The van der Waals surface area contributed by atoms with Gasteiger partial charge in [0.1, 0.15) is 6.54 Å². The van der Waals surface area contributed by atoms with Crippen LogP contribution < -0.4 is 0 Å². The third kappa shape index (κ3) is 1.58. The van der Waals surface area contributed by atoms with E-state index in [1.54, 1.807) is 0 Å². The highest BCUT2D eigenvalue weighted by molar-refractivity contribution is 5.84. The molecule has 2 nitrogen and oxygen atoms in total. The first-order valence-corrected chi connectivity index (χ1v) is 7.90. The van der Waals surface area contributed by atoms with Crippen LogP contribution in [0, 0.1) is 17.3 Å². The van der Waals surface area contributed by atoms with E-state index in [-0.39, 0.29) is 5.60 Å². The van der Waals surface area contributed by atoms with Crippen molar-refractivity contribution in [2.24, 2.45) is 17.3 Å². The van der Waals surface area contributed by atoms with Crippen molar-refractivity contribution in [3.8, 4) is 0 Å². The Morgan fingerprint density at radius 2 is 2.05 bits per heavy atom. The largest absolute Gasteiger partial charge is 0.431 e. The maximum atomic E-state index is 6.50. The number of ether oxygens (including phenoxy) is 1. The second-order valence-corrected chi connectivity index (χ2v) is 7.38. The molecule has 2 heteroatoms. The highest BCUT2D eigenvalue weighted by atomic mass is 16.5. The lowest BCUT2D eigenvalue weighted by atomic mass is 9.43. The Morgan fingerprint density at radius 1 is 1.32 bits per heavy atom. The summed E-state index contributed by atoms with van der Waals surface area (Å²) in [5.74, 6) is 2.72. The van der Waals surface area contributed by atoms with E-state index < -0.39 is 0 Å². The predicted octanol–water partition coefficient (Wildman–Crippen LogP) is 3.61. The molecule has 3 aliphatic carbocycles. The Morgan fingerprint density at radius 3 is 2.63 bits per heavy atom. The molecule has 4 atom stereocenters. The number of hydrogen-bond acceptors (Lipinski definition) is 1. The van der Waals surface area contributed by atoms with E-state index >= 15 is 0 Å². The molecule has 3 saturated carbocycles. The number of hydrogen-bond donors (Lipinski definition) is 0. The quantitative estimate of drug-likeness (QED) is 0.708. The van der Waals surface area contributed by atoms with Crippen LogP contribution in [0.2, 0.25) is 0 Å². The van der Waals surface area contributed by atoms with Crippen LogP contribution in [0.15, 0.2) is 12.2 Å². The van der Waals surface area contributed by atoms with Gasteiger partial charge in [-0.1, -0.05) is 26.8 Å². The van der Waals surface area contributed by atoms with Crippen LogP contribution >= 0.6 is 0 Å². The Labute approximate surface area is 117 Å². The van der Waals surface area contributed by atoms with E-state index in [9.17, 15) is 0 Å². The fourth-order valence-electron chi connectivity index (χ4n) is 4.92. The van der Waals surface area contributed by atoms with Gasteiger partial charge in [0.05, 0.1) is 0 Å². The van der Waals surface area contributed by atoms with E-state index in [2.05, 4.69) is 51.3 Å². The minimum absolute atomic E-state index is 0.0300. The van der Waals surface area contributed by atoms with Crippen LogP contribution in [0.3, 0.4) is 0 Å². The summed E-state index contributed by atoms with van der Waals surface area (Å²) in [6.07, 6.45) is 8.12. The SMILES string of the molecule is CC=CC1=[N+](CCC)C2C[C@H]3C[C@@H](C2(C)O1)C3(C)C. The summed E-state index contributed by atoms with van der Waals surface area (Å²) in [6.45, 7) is 12.7. The van der Waals surface area contributed by atoms with Crippen LogP contribution in [0.4, 0.5) is 0 Å². The van der Waals surface area contributed by atoms with Gasteiger partial charge in [-0.2, -0.15) is 4.58 Å². The Bertz CT molecular complexity index is 448. The molecule has 0 aromatic heterocycles. The monoisotopic (exact) mass is 262 g/mol. The second-order valence-electron chi connectivity index (χ2n) is 7.38. The van der Waals surface area contributed by atoms with Gasteiger partial charge in [-0.25, -0.2) is 0 Å². The summed E-state index contributed by atoms with van der Waals surface area (Å²) in [7, 11) is 0. The molecular weight excluding hydrogens is 234 g/mol. The fourth-order valence-corrected chi connectivity index (χ4v) is 4.92. The molecule has 3 fully saturated rings. The zero-order chi connectivity index (χ0) is 13.8. The molecular formula is C17H28NO+. The summed E-state index contributed by atoms with van der Waals surface area (Å²) in [5, 5.41) is 0. The van der Waals surface area contributed by atoms with Crippen LogP contribution in [-0.2, 0) is 4.74 Å². The van der Waals surface area contributed by atoms with Gasteiger partial charge in [-0.3, -0.25) is 0 Å². The zero-order valence-corrected chi connectivity index (χ0v) is 13.1. The number of rotatable bonds is 3. The minimum atomic E-state index is 0.0300. The average molecular weight is 262 g/mol. The van der Waals surface area contributed by atoms with Gasteiger partial charge in [0.25, 0.3) is 0 Å². The van der Waals surface area contributed by atoms with Crippen molar-refractivity contribution < 1.29 is 9.31 Å². The molecule has 1 aliphatic heterocycles. The first kappa shape index (κ1) is 13.2. The van der Waals surface area contributed by atoms with Gasteiger partial charge in [0.2, 0.25) is 0 Å². The number of nitrogens with zero attached hydrogens (tertiary/aromatic N) is 1. The fraction of sp³-hybridized carbons (Fsp3) is 0.824. The minimum Gasteiger partial charge on any atom is -0.431 e. The van der Waals surface area contributed by atoms with Gasteiger partial charge in [0, 0.05) is 24.8 Å². The van der Waals surface area contributed by atoms with Crippen LogP contribution in [0.5, 0.6) is 0 Å². The van der Waals surface area contributed by atoms with Crippen molar-refractivity contribution >= 4 is 5.90 Å². The normalized spacial score (nSPS) is 43.1. The maximum Gasteiger partial charge on any atom is 0.363 e. The lowest BCUT2D eigenvalue weighted by Crippen LogP contribution is -2.67. The van der Waals surface area contributed by atoms with Gasteiger partial charge in [-0.15, -0.1) is 0 Å². The molecule has 0 radical (unpaired) electrons. The molecule has 4 rings (SSSR count). The molecule has 0 amide bonds. The first-order chi connectivity index (χ1) is 8.95. The van der Waals surface area contributed by atoms with E-state index in [1.807, 2.05) is 0 Å². The van der Waals surface area contributed by atoms with Crippen molar-refractivity contribution in [3.05, 3.63) is 12.2 Å². The lowest BCUT2D eigenvalue weighted by Gasteiger charge is -2.62. The van der Waals surface area contributed by atoms with E-state index in [0.29, 0.717) is 17.4 Å². The van der Waals surface area contributed by atoms with Gasteiger partial charge in [-0.05, 0) is 31.6 Å². The van der Waals surface area contributed by atoms with Crippen molar-refractivity contribution in [2.75, 3.05) is 6.54 Å². The topological polar surface area (TPSA) is 12.2 Å². The maximum absolute atomic E-state index is 6.50. The third-order valence-electron chi connectivity index (χ3n) is 6.09. The molecule has 0 aromatic carbocycles. The van der Waals surface area contributed by atoms with E-state index in [4.69, 9.17) is 4.74 Å². The third-order valence-corrected chi connectivity index (χ3v) is 6.09. The first-order valence-electron chi connectivity index (χ1n) is 7.90. The van der Waals surface area contributed by atoms with Gasteiger partial charge >= 0.3 is 5.90 Å². The van der Waals surface area contributed by atoms with Gasteiger partial charge < -0.3 is 4.74 Å². The summed E-state index contributed by atoms with van der Waals surface area (Å²) in [5.41, 5.74) is 0.497. The standard InChI is InChI=1S/C17H28NO/c1-6-8-15-18(9-7-2)14-11-12-10-13(16(12,3)4)17(14,5)19-15/h6,8,12-14H,7,9-11H2,1-5H3/q+1/t12-,13-,14?,17?/m1/s1. The van der Waals surface area contributed by atoms with E-state index in [0.717, 1.165) is 18.4 Å². The summed E-state index contributed by atoms with van der Waals surface area (Å²) in [6, 6.07) is 0.593. The molecule has 0 N–H and O–H groups in total. The Balaban J connectivity index is 1.96. The Hall–Kier alpha value is -0.790. The molecule has 19 heavy (non-hydrogen) atoms. The zero-order valence-electron chi connectivity index (χ0n) is 13.1. The van der Waals surface area contributed by atoms with Crippen molar-refractivity contribution in [2.45, 2.75) is 65.5 Å². The predicted molar refractivity (Wildman–Crippen MR) is 78.5 cm³/mol. The Kier molecular flexibility index (Phi) is 2.85. The van der Waals surface area contributed by atoms with E-state index in [1.165, 1.54) is 19.3 Å². The molecule has 0 spiro atoms. The van der Waals surface area contributed by atoms with Gasteiger partial charge in [0.15, 0.2) is 11.6 Å². The molecule has 0 aromatic rings. The molecule has 1 heterocycles. The summed E-state index contributed by atoms with van der Waals surface area (Å²) < 4.78 is 9.04. The second kappa shape index (κ2) is 4.10. The van der Waals surface area contributed by atoms with Crippen LogP contribution in [0.25, 0.3) is 0 Å².